The maximum absolute atomic E-state index is 12.1. The molecular weight excluding hydrogens is 260 g/mol. The minimum Gasteiger partial charge on any atom is -0.466 e. The van der Waals surface area contributed by atoms with E-state index in [1.807, 2.05) is 6.92 Å². The molecule has 0 radical (unpaired) electrons. The van der Waals surface area contributed by atoms with Crippen molar-refractivity contribution in [2.45, 2.75) is 33.2 Å². The maximum atomic E-state index is 12.1. The molecule has 0 unspecified atom stereocenters. The van der Waals surface area contributed by atoms with Crippen LogP contribution in [0.1, 0.15) is 25.5 Å². The molecule has 0 aromatic carbocycles. The van der Waals surface area contributed by atoms with Crippen LogP contribution in [0.3, 0.4) is 0 Å². The van der Waals surface area contributed by atoms with Crippen LogP contribution in [-0.4, -0.2) is 51.5 Å². The van der Waals surface area contributed by atoms with E-state index >= 15 is 0 Å². The second-order valence-electron chi connectivity index (χ2n) is 4.94. The number of aryl methyl sites for hydroxylation is 1. The topological polar surface area (TPSA) is 77.3 Å². The summed E-state index contributed by atoms with van der Waals surface area (Å²) in [6, 6.07) is 0. The SMILES string of the molecule is CCOC(=O)C1CCN(C(=O)Cn2nncc2C)CC1. The highest BCUT2D eigenvalue weighted by Crippen LogP contribution is 2.19. The summed E-state index contributed by atoms with van der Waals surface area (Å²) >= 11 is 0. The molecule has 0 N–H and O–H groups in total. The standard InChI is InChI=1S/C13H20N4O3/c1-3-20-13(19)11-4-6-16(7-5-11)12(18)9-17-10(2)8-14-15-17/h8,11H,3-7,9H2,1-2H3. The lowest BCUT2D eigenvalue weighted by atomic mass is 9.97. The lowest BCUT2D eigenvalue weighted by molar-refractivity contribution is -0.151. The molecule has 0 bridgehead atoms. The van der Waals surface area contributed by atoms with Gasteiger partial charge in [0.1, 0.15) is 6.54 Å². The number of piperidine rings is 1. The number of hydrogen-bond donors (Lipinski definition) is 0. The molecule has 1 aromatic heterocycles. The van der Waals surface area contributed by atoms with E-state index in [1.54, 1.807) is 22.7 Å². The minimum atomic E-state index is -0.147. The zero-order valence-corrected chi connectivity index (χ0v) is 11.9. The highest BCUT2D eigenvalue weighted by molar-refractivity contribution is 5.77. The van der Waals surface area contributed by atoms with Crippen LogP contribution in [0.2, 0.25) is 0 Å². The van der Waals surface area contributed by atoms with Gasteiger partial charge in [-0.05, 0) is 26.7 Å². The van der Waals surface area contributed by atoms with Gasteiger partial charge in [-0.15, -0.1) is 5.10 Å². The normalized spacial score (nSPS) is 16.2. The Bertz CT molecular complexity index is 478. The van der Waals surface area contributed by atoms with Crippen LogP contribution >= 0.6 is 0 Å². The van der Waals surface area contributed by atoms with Crippen molar-refractivity contribution in [2.24, 2.45) is 5.92 Å². The summed E-state index contributed by atoms with van der Waals surface area (Å²) in [5.41, 5.74) is 0.861. The van der Waals surface area contributed by atoms with Crippen molar-refractivity contribution >= 4 is 11.9 Å². The molecule has 1 aromatic rings. The fourth-order valence-corrected chi connectivity index (χ4v) is 2.32. The van der Waals surface area contributed by atoms with Gasteiger partial charge in [-0.25, -0.2) is 4.68 Å². The Morgan fingerprint density at radius 1 is 1.40 bits per heavy atom. The number of carbonyl (C=O) groups excluding carboxylic acids is 2. The number of nitrogens with zero attached hydrogens (tertiary/aromatic N) is 4. The van der Waals surface area contributed by atoms with Crippen molar-refractivity contribution in [3.05, 3.63) is 11.9 Å². The number of ether oxygens (including phenoxy) is 1. The van der Waals surface area contributed by atoms with Crippen LogP contribution in [-0.2, 0) is 20.9 Å². The quantitative estimate of drug-likeness (QED) is 0.746. The molecule has 1 saturated heterocycles. The summed E-state index contributed by atoms with van der Waals surface area (Å²) < 4.78 is 6.60. The molecule has 7 nitrogen and oxygen atoms in total. The third kappa shape index (κ3) is 3.34. The van der Waals surface area contributed by atoms with Gasteiger partial charge in [0.05, 0.1) is 24.4 Å². The Morgan fingerprint density at radius 2 is 2.10 bits per heavy atom. The Balaban J connectivity index is 1.83. The zero-order chi connectivity index (χ0) is 14.5. The first-order valence-electron chi connectivity index (χ1n) is 6.91. The summed E-state index contributed by atoms with van der Waals surface area (Å²) in [4.78, 5) is 25.5. The van der Waals surface area contributed by atoms with Gasteiger partial charge >= 0.3 is 5.97 Å². The van der Waals surface area contributed by atoms with E-state index in [9.17, 15) is 9.59 Å². The number of carbonyl (C=O) groups is 2. The molecule has 110 valence electrons. The monoisotopic (exact) mass is 280 g/mol. The Morgan fingerprint density at radius 3 is 2.65 bits per heavy atom. The third-order valence-corrected chi connectivity index (χ3v) is 3.56. The lowest BCUT2D eigenvalue weighted by Crippen LogP contribution is -2.42. The summed E-state index contributed by atoms with van der Waals surface area (Å²) in [6.07, 6.45) is 2.96. The molecule has 0 atom stereocenters. The fourth-order valence-electron chi connectivity index (χ4n) is 2.32. The zero-order valence-electron chi connectivity index (χ0n) is 11.9. The van der Waals surface area contributed by atoms with E-state index in [1.165, 1.54) is 0 Å². The molecule has 20 heavy (non-hydrogen) atoms. The van der Waals surface area contributed by atoms with Crippen molar-refractivity contribution in [1.82, 2.24) is 19.9 Å². The van der Waals surface area contributed by atoms with Crippen molar-refractivity contribution in [1.29, 1.82) is 0 Å². The molecule has 1 amide bonds. The average molecular weight is 280 g/mol. The molecule has 0 saturated carbocycles. The van der Waals surface area contributed by atoms with E-state index in [0.29, 0.717) is 32.5 Å². The number of esters is 1. The molecular formula is C13H20N4O3. The summed E-state index contributed by atoms with van der Waals surface area (Å²) in [7, 11) is 0. The first-order valence-corrected chi connectivity index (χ1v) is 6.91. The van der Waals surface area contributed by atoms with Crippen LogP contribution in [0.4, 0.5) is 0 Å². The second kappa shape index (κ2) is 6.49. The summed E-state index contributed by atoms with van der Waals surface area (Å²) in [5, 5.41) is 7.62. The van der Waals surface area contributed by atoms with Crippen LogP contribution in [0, 0.1) is 12.8 Å². The number of hydrogen-bond acceptors (Lipinski definition) is 5. The van der Waals surface area contributed by atoms with E-state index < -0.39 is 0 Å². The van der Waals surface area contributed by atoms with E-state index in [2.05, 4.69) is 10.3 Å². The van der Waals surface area contributed by atoms with Crippen molar-refractivity contribution in [3.63, 3.8) is 0 Å². The average Bonchev–Trinajstić information content (AvgIpc) is 2.85. The highest BCUT2D eigenvalue weighted by Gasteiger charge is 2.28. The van der Waals surface area contributed by atoms with E-state index in [-0.39, 0.29) is 24.3 Å². The predicted octanol–water partition coefficient (Wildman–Crippen LogP) is 0.388. The smallest absolute Gasteiger partial charge is 0.309 e. The Kier molecular flexibility index (Phi) is 4.70. The minimum absolute atomic E-state index is 0.0147. The first kappa shape index (κ1) is 14.5. The van der Waals surface area contributed by atoms with Gasteiger partial charge in [0.15, 0.2) is 0 Å². The summed E-state index contributed by atoms with van der Waals surface area (Å²) in [6.45, 7) is 5.46. The Labute approximate surface area is 117 Å². The first-order chi connectivity index (χ1) is 9.61. The van der Waals surface area contributed by atoms with Crippen LogP contribution < -0.4 is 0 Å². The number of aromatic nitrogens is 3. The highest BCUT2D eigenvalue weighted by atomic mass is 16.5. The van der Waals surface area contributed by atoms with E-state index in [0.717, 1.165) is 5.69 Å². The lowest BCUT2D eigenvalue weighted by Gasteiger charge is -2.30. The van der Waals surface area contributed by atoms with Gasteiger partial charge < -0.3 is 9.64 Å². The van der Waals surface area contributed by atoms with Gasteiger partial charge in [-0.1, -0.05) is 5.21 Å². The van der Waals surface area contributed by atoms with Crippen molar-refractivity contribution < 1.29 is 14.3 Å². The van der Waals surface area contributed by atoms with Crippen molar-refractivity contribution in [2.75, 3.05) is 19.7 Å². The second-order valence-corrected chi connectivity index (χ2v) is 4.94. The molecule has 7 heteroatoms. The van der Waals surface area contributed by atoms with Crippen LogP contribution in [0.5, 0.6) is 0 Å². The molecule has 1 aliphatic heterocycles. The fraction of sp³-hybridized carbons (Fsp3) is 0.692. The largest absolute Gasteiger partial charge is 0.466 e. The maximum Gasteiger partial charge on any atom is 0.309 e. The van der Waals surface area contributed by atoms with Gasteiger partial charge in [0.25, 0.3) is 0 Å². The van der Waals surface area contributed by atoms with Gasteiger partial charge in [-0.2, -0.15) is 0 Å². The molecule has 2 heterocycles. The van der Waals surface area contributed by atoms with Gasteiger partial charge in [-0.3, -0.25) is 9.59 Å². The molecule has 0 aliphatic carbocycles. The molecule has 1 fully saturated rings. The van der Waals surface area contributed by atoms with Crippen LogP contribution in [0.25, 0.3) is 0 Å². The van der Waals surface area contributed by atoms with Crippen molar-refractivity contribution in [3.8, 4) is 0 Å². The number of likely N-dealkylation sites (tertiary alicyclic amines) is 1. The van der Waals surface area contributed by atoms with E-state index in [4.69, 9.17) is 4.74 Å². The summed E-state index contributed by atoms with van der Waals surface area (Å²) in [5.74, 6) is -0.209. The molecule has 0 spiro atoms. The Hall–Kier alpha value is -1.92. The van der Waals surface area contributed by atoms with Gasteiger partial charge in [0, 0.05) is 13.1 Å². The van der Waals surface area contributed by atoms with Gasteiger partial charge in [0.2, 0.25) is 5.91 Å². The third-order valence-electron chi connectivity index (χ3n) is 3.56. The predicted molar refractivity (Wildman–Crippen MR) is 70.7 cm³/mol. The molecule has 1 aliphatic rings. The van der Waals surface area contributed by atoms with Crippen LogP contribution in [0.15, 0.2) is 6.20 Å². The molecule has 2 rings (SSSR count). The number of amides is 1. The number of rotatable bonds is 4.